The van der Waals surface area contributed by atoms with Crippen LogP contribution in [0.15, 0.2) is 84.1 Å². The van der Waals surface area contributed by atoms with Crippen molar-refractivity contribution in [3.8, 4) is 17.2 Å². The van der Waals surface area contributed by atoms with Crippen molar-refractivity contribution < 1.29 is 18.3 Å². The highest BCUT2D eigenvalue weighted by Crippen LogP contribution is 2.36. The van der Waals surface area contributed by atoms with E-state index in [1.54, 1.807) is 54.9 Å². The van der Waals surface area contributed by atoms with Gasteiger partial charge in [0.2, 0.25) is 0 Å². The highest BCUT2D eigenvalue weighted by Gasteiger charge is 2.20. The number of halogens is 1. The van der Waals surface area contributed by atoms with E-state index in [4.69, 9.17) is 9.15 Å². The van der Waals surface area contributed by atoms with Crippen molar-refractivity contribution in [2.75, 3.05) is 5.32 Å². The molecule has 0 aliphatic heterocycles. The highest BCUT2D eigenvalue weighted by molar-refractivity contribution is 6.08. The maximum absolute atomic E-state index is 13.9. The number of carbonyl (C=O) groups is 1. The molecular formula is C22H14FN5O3. The van der Waals surface area contributed by atoms with Gasteiger partial charge in [0.15, 0.2) is 17.9 Å². The smallest absolute Gasteiger partial charge is 0.278 e. The topological polar surface area (TPSA) is 95.1 Å². The lowest BCUT2D eigenvalue weighted by atomic mass is 10.2. The van der Waals surface area contributed by atoms with E-state index in [-0.39, 0.29) is 11.5 Å². The van der Waals surface area contributed by atoms with E-state index in [9.17, 15) is 9.18 Å². The lowest BCUT2D eigenvalue weighted by Gasteiger charge is -2.08. The minimum Gasteiger partial charge on any atom is -0.455 e. The van der Waals surface area contributed by atoms with Crippen molar-refractivity contribution in [3.05, 3.63) is 91.2 Å². The lowest BCUT2D eigenvalue weighted by molar-refractivity contribution is 0.102. The zero-order valence-electron chi connectivity index (χ0n) is 15.9. The van der Waals surface area contributed by atoms with Crippen LogP contribution in [-0.4, -0.2) is 25.7 Å². The second kappa shape index (κ2) is 7.71. The Kier molecular flexibility index (Phi) is 4.60. The molecule has 8 nitrogen and oxygen atoms in total. The summed E-state index contributed by atoms with van der Waals surface area (Å²) in [4.78, 5) is 20.5. The Morgan fingerprint density at radius 1 is 1.13 bits per heavy atom. The fourth-order valence-corrected chi connectivity index (χ4v) is 3.15. The molecule has 152 valence electrons. The molecule has 31 heavy (non-hydrogen) atoms. The number of hydrogen-bond acceptors (Lipinski definition) is 6. The first-order valence-electron chi connectivity index (χ1n) is 9.24. The van der Waals surface area contributed by atoms with E-state index in [1.165, 1.54) is 23.1 Å². The van der Waals surface area contributed by atoms with Crippen LogP contribution in [0, 0.1) is 5.82 Å². The lowest BCUT2D eigenvalue weighted by Crippen LogP contribution is -2.13. The molecule has 1 N–H and O–H groups in total. The maximum Gasteiger partial charge on any atom is 0.278 e. The maximum atomic E-state index is 13.9. The fraction of sp³-hybridized carbons (Fsp3) is 0. The van der Waals surface area contributed by atoms with Crippen molar-refractivity contribution in [1.29, 1.82) is 0 Å². The Balaban J connectivity index is 1.66. The molecule has 0 saturated heterocycles. The summed E-state index contributed by atoms with van der Waals surface area (Å²) in [6.45, 7) is 0. The number of anilines is 1. The van der Waals surface area contributed by atoms with Crippen LogP contribution in [-0.2, 0) is 0 Å². The molecule has 9 heteroatoms. The molecule has 1 amide bonds. The Bertz CT molecular complexity index is 1370. The van der Waals surface area contributed by atoms with Gasteiger partial charge in [-0.15, -0.1) is 5.10 Å². The van der Waals surface area contributed by atoms with E-state index in [2.05, 4.69) is 20.4 Å². The molecule has 0 bridgehead atoms. The molecule has 5 rings (SSSR count). The fourth-order valence-electron chi connectivity index (χ4n) is 3.15. The first-order chi connectivity index (χ1) is 15.2. The van der Waals surface area contributed by atoms with Crippen LogP contribution in [0.1, 0.15) is 10.5 Å². The molecule has 0 radical (unpaired) electrons. The molecule has 0 aliphatic rings. The standard InChI is InChI=1S/C22H14FN5O3/c23-14-4-1-5-15(10-14)28-18-7-2-8-19(31-16-6-3-9-24-11-16)20(18)21(27-28)26-22(29)17-12-30-13-25-17/h1-13H,(H,26,27,29). The first kappa shape index (κ1) is 18.5. The molecule has 0 atom stereocenters. The average molecular weight is 415 g/mol. The van der Waals surface area contributed by atoms with Crippen molar-refractivity contribution in [3.63, 3.8) is 0 Å². The minimum absolute atomic E-state index is 0.0964. The third-order valence-electron chi connectivity index (χ3n) is 4.48. The molecule has 3 aromatic heterocycles. The Morgan fingerprint density at radius 3 is 2.81 bits per heavy atom. The van der Waals surface area contributed by atoms with Crippen LogP contribution in [0.25, 0.3) is 16.6 Å². The van der Waals surface area contributed by atoms with Crippen LogP contribution in [0.3, 0.4) is 0 Å². The summed E-state index contributed by atoms with van der Waals surface area (Å²) in [5.41, 5.74) is 1.20. The number of pyridine rings is 1. The van der Waals surface area contributed by atoms with Gasteiger partial charge < -0.3 is 14.5 Å². The van der Waals surface area contributed by atoms with Crippen molar-refractivity contribution >= 4 is 22.6 Å². The number of amides is 1. The number of carbonyl (C=O) groups excluding carboxylic acids is 1. The summed E-state index contributed by atoms with van der Waals surface area (Å²) in [7, 11) is 0. The molecular weight excluding hydrogens is 401 g/mol. The molecule has 5 aromatic rings. The van der Waals surface area contributed by atoms with E-state index in [1.807, 2.05) is 0 Å². The van der Waals surface area contributed by atoms with E-state index >= 15 is 0 Å². The summed E-state index contributed by atoms with van der Waals surface area (Å²) in [5, 5.41) is 7.79. The minimum atomic E-state index is -0.504. The molecule has 0 fully saturated rings. The number of ether oxygens (including phenoxy) is 1. The predicted octanol–water partition coefficient (Wildman–Crippen LogP) is 4.59. The Labute approximate surface area is 174 Å². The number of rotatable bonds is 5. The SMILES string of the molecule is O=C(Nc1nn(-c2cccc(F)c2)c2cccc(Oc3cccnc3)c12)c1cocn1. The quantitative estimate of drug-likeness (QED) is 0.451. The van der Waals surface area contributed by atoms with Crippen molar-refractivity contribution in [2.24, 2.45) is 0 Å². The van der Waals surface area contributed by atoms with Gasteiger partial charge in [0, 0.05) is 6.20 Å². The van der Waals surface area contributed by atoms with Crippen LogP contribution in [0.5, 0.6) is 11.5 Å². The average Bonchev–Trinajstić information content (AvgIpc) is 3.44. The van der Waals surface area contributed by atoms with Crippen LogP contribution < -0.4 is 10.1 Å². The monoisotopic (exact) mass is 415 g/mol. The van der Waals surface area contributed by atoms with E-state index in [0.29, 0.717) is 28.1 Å². The van der Waals surface area contributed by atoms with Crippen LogP contribution in [0.4, 0.5) is 10.2 Å². The Hall–Kier alpha value is -4.53. The molecule has 3 heterocycles. The number of nitrogens with one attached hydrogen (secondary N) is 1. The number of nitrogens with zero attached hydrogens (tertiary/aromatic N) is 4. The predicted molar refractivity (Wildman–Crippen MR) is 110 cm³/mol. The van der Waals surface area contributed by atoms with Gasteiger partial charge >= 0.3 is 0 Å². The largest absolute Gasteiger partial charge is 0.455 e. The summed E-state index contributed by atoms with van der Waals surface area (Å²) < 4.78 is 26.3. The van der Waals surface area contributed by atoms with Crippen molar-refractivity contribution in [1.82, 2.24) is 19.7 Å². The molecule has 0 unspecified atom stereocenters. The van der Waals surface area contributed by atoms with Gasteiger partial charge in [-0.05, 0) is 42.5 Å². The van der Waals surface area contributed by atoms with Gasteiger partial charge in [0.1, 0.15) is 23.6 Å². The summed E-state index contributed by atoms with van der Waals surface area (Å²) in [6, 6.07) is 14.8. The third kappa shape index (κ3) is 3.60. The number of hydrogen-bond donors (Lipinski definition) is 1. The first-order valence-corrected chi connectivity index (χ1v) is 9.24. The molecule has 0 aliphatic carbocycles. The second-order valence-corrected chi connectivity index (χ2v) is 6.51. The zero-order valence-corrected chi connectivity index (χ0v) is 15.9. The number of fused-ring (bicyclic) bond motifs is 1. The van der Waals surface area contributed by atoms with Gasteiger partial charge in [-0.2, -0.15) is 0 Å². The van der Waals surface area contributed by atoms with Gasteiger partial charge in [-0.25, -0.2) is 14.1 Å². The highest BCUT2D eigenvalue weighted by atomic mass is 19.1. The second-order valence-electron chi connectivity index (χ2n) is 6.51. The number of oxazole rings is 1. The molecule has 0 spiro atoms. The Morgan fingerprint density at radius 2 is 2.03 bits per heavy atom. The van der Waals surface area contributed by atoms with Gasteiger partial charge in [0.25, 0.3) is 5.91 Å². The number of benzene rings is 2. The van der Waals surface area contributed by atoms with Gasteiger partial charge in [0.05, 0.1) is 22.8 Å². The summed E-state index contributed by atoms with van der Waals surface area (Å²) >= 11 is 0. The third-order valence-corrected chi connectivity index (χ3v) is 4.48. The summed E-state index contributed by atoms with van der Waals surface area (Å²) in [6.07, 6.45) is 5.60. The number of aromatic nitrogens is 4. The molecule has 2 aromatic carbocycles. The molecule has 0 saturated carbocycles. The van der Waals surface area contributed by atoms with Crippen LogP contribution in [0.2, 0.25) is 0 Å². The van der Waals surface area contributed by atoms with E-state index < -0.39 is 11.7 Å². The zero-order chi connectivity index (χ0) is 21.2. The van der Waals surface area contributed by atoms with Crippen molar-refractivity contribution in [2.45, 2.75) is 0 Å². The van der Waals surface area contributed by atoms with Gasteiger partial charge in [-0.1, -0.05) is 12.1 Å². The van der Waals surface area contributed by atoms with E-state index in [0.717, 1.165) is 6.39 Å². The van der Waals surface area contributed by atoms with Crippen LogP contribution >= 0.6 is 0 Å². The normalized spacial score (nSPS) is 10.9. The van der Waals surface area contributed by atoms with Gasteiger partial charge in [-0.3, -0.25) is 9.78 Å². The summed E-state index contributed by atoms with van der Waals surface area (Å²) in [5.74, 6) is 0.283.